The van der Waals surface area contributed by atoms with Gasteiger partial charge in [-0.3, -0.25) is 0 Å². The smallest absolute Gasteiger partial charge is 0.224 e. The first-order valence-corrected chi connectivity index (χ1v) is 6.65. The second-order valence-electron chi connectivity index (χ2n) is 5.27. The highest BCUT2D eigenvalue weighted by atomic mass is 35.5. The van der Waals surface area contributed by atoms with E-state index < -0.39 is 0 Å². The van der Waals surface area contributed by atoms with Crippen molar-refractivity contribution in [1.29, 1.82) is 0 Å². The van der Waals surface area contributed by atoms with Crippen LogP contribution in [0, 0.1) is 6.92 Å². The average molecular weight is 286 g/mol. The van der Waals surface area contributed by atoms with Gasteiger partial charge in [0.25, 0.3) is 0 Å². The molecular weight excluding hydrogens is 266 g/mol. The maximum atomic E-state index is 9.90. The van der Waals surface area contributed by atoms with Crippen LogP contribution in [0.1, 0.15) is 12.1 Å². The third kappa shape index (κ3) is 3.08. The Hall–Kier alpha value is -1.11. The van der Waals surface area contributed by atoms with Crippen molar-refractivity contribution in [3.05, 3.63) is 11.0 Å². The Morgan fingerprint density at radius 2 is 2.16 bits per heavy atom. The van der Waals surface area contributed by atoms with Crippen LogP contribution in [-0.2, 0) is 0 Å². The monoisotopic (exact) mass is 285 g/mol. The summed E-state index contributed by atoms with van der Waals surface area (Å²) < 4.78 is 0. The van der Waals surface area contributed by atoms with Crippen LogP contribution in [0.2, 0.25) is 5.28 Å². The van der Waals surface area contributed by atoms with Gasteiger partial charge in [0.2, 0.25) is 5.28 Å². The molecule has 0 amide bonds. The normalized spacial score (nSPS) is 23.4. The molecule has 19 heavy (non-hydrogen) atoms. The van der Waals surface area contributed by atoms with Gasteiger partial charge in [-0.25, -0.2) is 4.98 Å². The summed E-state index contributed by atoms with van der Waals surface area (Å²) in [5.74, 6) is 0.626. The number of nitrogens with two attached hydrogens (primary N) is 1. The molecule has 2 heterocycles. The molecule has 1 aliphatic heterocycles. The number of aliphatic hydroxyl groups excluding tert-OH is 1. The van der Waals surface area contributed by atoms with E-state index in [0.717, 1.165) is 6.54 Å². The van der Waals surface area contributed by atoms with E-state index in [2.05, 4.69) is 14.9 Å². The van der Waals surface area contributed by atoms with Gasteiger partial charge in [0, 0.05) is 19.1 Å². The van der Waals surface area contributed by atoms with Gasteiger partial charge in [0.05, 0.1) is 17.5 Å². The van der Waals surface area contributed by atoms with Gasteiger partial charge >= 0.3 is 0 Å². The number of nitrogen functional groups attached to an aromatic ring is 1. The predicted molar refractivity (Wildman–Crippen MR) is 76.5 cm³/mol. The minimum absolute atomic E-state index is 0.178. The van der Waals surface area contributed by atoms with Gasteiger partial charge < -0.3 is 20.6 Å². The highest BCUT2D eigenvalue weighted by molar-refractivity contribution is 6.28. The van der Waals surface area contributed by atoms with Gasteiger partial charge in [-0.15, -0.1) is 0 Å². The van der Waals surface area contributed by atoms with Crippen LogP contribution >= 0.6 is 11.6 Å². The maximum Gasteiger partial charge on any atom is 0.224 e. The summed E-state index contributed by atoms with van der Waals surface area (Å²) in [7, 11) is 4.01. The van der Waals surface area contributed by atoms with E-state index in [1.165, 1.54) is 0 Å². The molecule has 0 bridgehead atoms. The van der Waals surface area contributed by atoms with Crippen molar-refractivity contribution in [2.24, 2.45) is 0 Å². The van der Waals surface area contributed by atoms with E-state index in [-0.39, 0.29) is 17.4 Å². The Labute approximate surface area is 118 Å². The first kappa shape index (κ1) is 14.3. The molecule has 0 saturated carbocycles. The van der Waals surface area contributed by atoms with Gasteiger partial charge in [-0.1, -0.05) is 0 Å². The summed E-state index contributed by atoms with van der Waals surface area (Å²) in [6.07, 6.45) is 0.344. The first-order chi connectivity index (χ1) is 8.88. The molecule has 0 spiro atoms. The molecule has 0 aromatic carbocycles. The molecule has 1 aromatic heterocycles. The number of halogens is 1. The van der Waals surface area contributed by atoms with E-state index in [9.17, 15) is 5.11 Å². The molecule has 2 rings (SSSR count). The molecule has 1 aliphatic rings. The largest absolute Gasteiger partial charge is 0.394 e. The standard InChI is InChI=1S/C12H20ClN5O/c1-7-10(14)11(16-12(13)15-7)18-6-9(19)4-8(18)5-17(2)3/h8-9,19H,4-6,14H2,1-3H3. The Morgan fingerprint density at radius 3 is 2.79 bits per heavy atom. The van der Waals surface area contributed by atoms with Crippen LogP contribution in [0.4, 0.5) is 11.5 Å². The molecule has 0 aliphatic carbocycles. The number of β-amino-alcohol motifs (C(OH)–C–C–N with tert-alkyl or cyclic N) is 1. The quantitative estimate of drug-likeness (QED) is 0.789. The number of nitrogens with zero attached hydrogens (tertiary/aromatic N) is 4. The first-order valence-electron chi connectivity index (χ1n) is 6.27. The fourth-order valence-electron chi connectivity index (χ4n) is 2.50. The summed E-state index contributed by atoms with van der Waals surface area (Å²) in [5.41, 5.74) is 7.25. The highest BCUT2D eigenvalue weighted by Crippen LogP contribution is 2.31. The van der Waals surface area contributed by atoms with Crippen molar-refractivity contribution < 1.29 is 5.11 Å². The minimum atomic E-state index is -0.363. The van der Waals surface area contributed by atoms with Crippen LogP contribution in [0.5, 0.6) is 0 Å². The number of likely N-dealkylation sites (N-methyl/N-ethyl adjacent to an activating group) is 1. The van der Waals surface area contributed by atoms with Crippen LogP contribution < -0.4 is 10.6 Å². The Bertz CT molecular complexity index is 468. The molecule has 1 saturated heterocycles. The predicted octanol–water partition coefficient (Wildman–Crippen LogP) is 0.522. The van der Waals surface area contributed by atoms with Crippen molar-refractivity contribution in [2.75, 3.05) is 37.8 Å². The Morgan fingerprint density at radius 1 is 1.47 bits per heavy atom. The number of aliphatic hydroxyl groups is 1. The van der Waals surface area contributed by atoms with Crippen LogP contribution in [-0.4, -0.2) is 59.3 Å². The molecule has 1 fully saturated rings. The lowest BCUT2D eigenvalue weighted by atomic mass is 10.2. The topological polar surface area (TPSA) is 78.5 Å². The van der Waals surface area contributed by atoms with Crippen LogP contribution in [0.15, 0.2) is 0 Å². The van der Waals surface area contributed by atoms with E-state index in [0.29, 0.717) is 30.2 Å². The van der Waals surface area contributed by atoms with Crippen molar-refractivity contribution in [3.8, 4) is 0 Å². The lowest BCUT2D eigenvalue weighted by Crippen LogP contribution is -2.38. The number of rotatable bonds is 3. The molecular formula is C12H20ClN5O. The third-order valence-corrected chi connectivity index (χ3v) is 3.50. The lowest BCUT2D eigenvalue weighted by molar-refractivity contribution is 0.191. The summed E-state index contributed by atoms with van der Waals surface area (Å²) in [6.45, 7) is 3.16. The molecule has 1 aromatic rings. The summed E-state index contributed by atoms with van der Waals surface area (Å²) in [4.78, 5) is 12.4. The number of hydrogen-bond donors (Lipinski definition) is 2. The summed E-state index contributed by atoms with van der Waals surface area (Å²) in [6, 6.07) is 0.178. The molecule has 106 valence electrons. The number of aromatic nitrogens is 2. The van der Waals surface area contributed by atoms with E-state index in [1.807, 2.05) is 19.0 Å². The second kappa shape index (κ2) is 5.48. The summed E-state index contributed by atoms with van der Waals surface area (Å²) >= 11 is 5.91. The summed E-state index contributed by atoms with van der Waals surface area (Å²) in [5, 5.41) is 10.1. The fraction of sp³-hybridized carbons (Fsp3) is 0.667. The van der Waals surface area contributed by atoms with Gasteiger partial charge in [0.15, 0.2) is 5.82 Å². The highest BCUT2D eigenvalue weighted by Gasteiger charge is 2.33. The number of aryl methyl sites for hydroxylation is 1. The lowest BCUT2D eigenvalue weighted by Gasteiger charge is -2.28. The zero-order valence-corrected chi connectivity index (χ0v) is 12.2. The second-order valence-corrected chi connectivity index (χ2v) is 5.61. The van der Waals surface area contributed by atoms with E-state index in [1.54, 1.807) is 6.92 Å². The van der Waals surface area contributed by atoms with Gasteiger partial charge in [0.1, 0.15) is 0 Å². The SMILES string of the molecule is Cc1nc(Cl)nc(N2CC(O)CC2CN(C)C)c1N. The van der Waals surface area contributed by atoms with Crippen molar-refractivity contribution in [3.63, 3.8) is 0 Å². The Balaban J connectivity index is 2.33. The van der Waals surface area contributed by atoms with E-state index >= 15 is 0 Å². The Kier molecular flexibility index (Phi) is 4.13. The number of hydrogen-bond acceptors (Lipinski definition) is 6. The minimum Gasteiger partial charge on any atom is -0.394 e. The molecule has 2 unspecified atom stereocenters. The molecule has 2 atom stereocenters. The fourth-order valence-corrected chi connectivity index (χ4v) is 2.70. The van der Waals surface area contributed by atoms with Crippen LogP contribution in [0.25, 0.3) is 0 Å². The number of anilines is 2. The van der Waals surface area contributed by atoms with Crippen LogP contribution in [0.3, 0.4) is 0 Å². The molecule has 7 heteroatoms. The molecule has 3 N–H and O–H groups in total. The van der Waals surface area contributed by atoms with E-state index in [4.69, 9.17) is 17.3 Å². The zero-order chi connectivity index (χ0) is 14.2. The maximum absolute atomic E-state index is 9.90. The van der Waals surface area contributed by atoms with Crippen molar-refractivity contribution >= 4 is 23.1 Å². The van der Waals surface area contributed by atoms with Crippen molar-refractivity contribution in [1.82, 2.24) is 14.9 Å². The molecule has 0 radical (unpaired) electrons. The molecule has 6 nitrogen and oxygen atoms in total. The van der Waals surface area contributed by atoms with Gasteiger partial charge in [-0.2, -0.15) is 4.98 Å². The van der Waals surface area contributed by atoms with Gasteiger partial charge in [-0.05, 0) is 39.0 Å². The average Bonchev–Trinajstić information content (AvgIpc) is 2.63. The third-order valence-electron chi connectivity index (χ3n) is 3.33. The van der Waals surface area contributed by atoms with Crippen molar-refractivity contribution in [2.45, 2.75) is 25.5 Å². The zero-order valence-electron chi connectivity index (χ0n) is 11.5.